The third-order valence-electron chi connectivity index (χ3n) is 5.48. The number of nitrogens with zero attached hydrogens (tertiary/aromatic N) is 2. The second kappa shape index (κ2) is 6.61. The summed E-state index contributed by atoms with van der Waals surface area (Å²) in [5, 5.41) is 2.12. The molecule has 3 heteroatoms. The van der Waals surface area contributed by atoms with E-state index < -0.39 is 0 Å². The molecule has 0 saturated carbocycles. The molecule has 5 rings (SSSR count). The van der Waals surface area contributed by atoms with Gasteiger partial charge in [-0.05, 0) is 36.2 Å². The molecule has 0 aliphatic rings. The number of aryl methyl sites for hydroxylation is 2. The van der Waals surface area contributed by atoms with Crippen LogP contribution in [0, 0.1) is 13.5 Å². The van der Waals surface area contributed by atoms with Crippen molar-refractivity contribution in [2.75, 3.05) is 0 Å². The molecule has 3 nitrogen and oxygen atoms in total. The second-order valence-electron chi connectivity index (χ2n) is 7.28. The lowest BCUT2D eigenvalue weighted by Crippen LogP contribution is -2.30. The molecule has 29 heavy (non-hydrogen) atoms. The van der Waals surface area contributed by atoms with E-state index in [0.717, 1.165) is 44.3 Å². The smallest absolute Gasteiger partial charge is 0.212 e. The number of pyridine rings is 1. The Balaban J connectivity index is 1.85. The zero-order valence-electron chi connectivity index (χ0n) is 16.3. The Morgan fingerprint density at radius 2 is 1.69 bits per heavy atom. The molecule has 138 valence electrons. The van der Waals surface area contributed by atoms with Gasteiger partial charge in [-0.25, -0.2) is 9.41 Å². The molecule has 2 heterocycles. The molecule has 0 fully saturated rings. The van der Waals surface area contributed by atoms with E-state index in [1.165, 1.54) is 5.56 Å². The van der Waals surface area contributed by atoms with Crippen LogP contribution in [0.3, 0.4) is 0 Å². The van der Waals surface area contributed by atoms with Crippen LogP contribution in [-0.2, 0) is 7.05 Å². The highest BCUT2D eigenvalue weighted by Crippen LogP contribution is 2.42. The van der Waals surface area contributed by atoms with E-state index >= 15 is 0 Å². The molecule has 0 aliphatic heterocycles. The molecule has 0 atom stereocenters. The van der Waals surface area contributed by atoms with E-state index in [1.807, 2.05) is 67.8 Å². The lowest BCUT2D eigenvalue weighted by Gasteiger charge is -2.05. The van der Waals surface area contributed by atoms with E-state index in [9.17, 15) is 0 Å². The van der Waals surface area contributed by atoms with E-state index in [0.29, 0.717) is 5.69 Å². The Bertz CT molecular complexity index is 1420. The fraction of sp³-hybridized carbons (Fsp3) is 0.0769. The third kappa shape index (κ3) is 2.69. The molecule has 0 spiro atoms. The summed E-state index contributed by atoms with van der Waals surface area (Å²) < 4.78 is 8.50. The number of rotatable bonds is 2. The van der Waals surface area contributed by atoms with Gasteiger partial charge in [-0.2, -0.15) is 0 Å². The largest absolute Gasteiger partial charge is 0.457 e. The van der Waals surface area contributed by atoms with Gasteiger partial charge in [-0.15, -0.1) is 0 Å². The maximum atomic E-state index is 7.63. The predicted octanol–water partition coefficient (Wildman–Crippen LogP) is 6.60. The molecule has 0 saturated heterocycles. The lowest BCUT2D eigenvalue weighted by molar-refractivity contribution is -0.660. The maximum Gasteiger partial charge on any atom is 0.212 e. The van der Waals surface area contributed by atoms with Crippen LogP contribution in [0.5, 0.6) is 0 Å². The predicted molar refractivity (Wildman–Crippen MR) is 117 cm³/mol. The Morgan fingerprint density at radius 3 is 2.45 bits per heavy atom. The molecule has 0 amide bonds. The van der Waals surface area contributed by atoms with Gasteiger partial charge in [0.05, 0.1) is 12.1 Å². The van der Waals surface area contributed by atoms with Crippen molar-refractivity contribution in [2.45, 2.75) is 6.92 Å². The number of hydrogen-bond donors (Lipinski definition) is 0. The van der Waals surface area contributed by atoms with Crippen molar-refractivity contribution in [2.24, 2.45) is 7.05 Å². The summed E-state index contributed by atoms with van der Waals surface area (Å²) >= 11 is 0. The van der Waals surface area contributed by atoms with Crippen LogP contribution < -0.4 is 4.57 Å². The summed E-state index contributed by atoms with van der Waals surface area (Å²) in [6.07, 6.45) is 2.05. The average molecular weight is 375 g/mol. The van der Waals surface area contributed by atoms with Gasteiger partial charge in [-0.1, -0.05) is 42.5 Å². The van der Waals surface area contributed by atoms with E-state index in [4.69, 9.17) is 11.0 Å². The van der Waals surface area contributed by atoms with Crippen molar-refractivity contribution < 1.29 is 8.98 Å². The van der Waals surface area contributed by atoms with E-state index in [2.05, 4.69) is 34.5 Å². The van der Waals surface area contributed by atoms with Gasteiger partial charge in [0.1, 0.15) is 18.2 Å². The Labute approximate surface area is 169 Å². The normalized spacial score (nSPS) is 11.1. The first-order valence-electron chi connectivity index (χ1n) is 9.55. The van der Waals surface area contributed by atoms with Gasteiger partial charge < -0.3 is 4.42 Å². The number of benzene rings is 3. The summed E-state index contributed by atoms with van der Waals surface area (Å²) in [6.45, 7) is 9.76. The maximum absolute atomic E-state index is 7.63. The summed E-state index contributed by atoms with van der Waals surface area (Å²) in [5.41, 5.74) is 7.54. The van der Waals surface area contributed by atoms with Crippen molar-refractivity contribution in [3.05, 3.63) is 96.0 Å². The molecule has 5 aromatic rings. The van der Waals surface area contributed by atoms with Gasteiger partial charge in [0.2, 0.25) is 5.69 Å². The minimum absolute atomic E-state index is 0.606. The highest BCUT2D eigenvalue weighted by Gasteiger charge is 2.19. The van der Waals surface area contributed by atoms with E-state index in [1.54, 1.807) is 0 Å². The number of fused-ring (bicyclic) bond motifs is 3. The van der Waals surface area contributed by atoms with Gasteiger partial charge in [0.15, 0.2) is 11.9 Å². The van der Waals surface area contributed by atoms with Crippen molar-refractivity contribution >= 4 is 27.6 Å². The first-order chi connectivity index (χ1) is 14.2. The second-order valence-corrected chi connectivity index (χ2v) is 7.28. The average Bonchev–Trinajstić information content (AvgIpc) is 3.11. The quantitative estimate of drug-likeness (QED) is 0.251. The van der Waals surface area contributed by atoms with Crippen LogP contribution in [0.2, 0.25) is 0 Å². The minimum Gasteiger partial charge on any atom is -0.457 e. The summed E-state index contributed by atoms with van der Waals surface area (Å²) in [7, 11) is 2.05. The van der Waals surface area contributed by atoms with Crippen LogP contribution in [0.1, 0.15) is 5.56 Å². The zero-order chi connectivity index (χ0) is 20.0. The van der Waals surface area contributed by atoms with Crippen LogP contribution >= 0.6 is 0 Å². The van der Waals surface area contributed by atoms with Crippen molar-refractivity contribution in [3.8, 4) is 22.4 Å². The fourth-order valence-electron chi connectivity index (χ4n) is 4.04. The standard InChI is InChI=1S/C26H19N2O/c1-17-15-21-19-12-13-22(27-2)25(18-9-5-4-6-10-18)26(19)29-24(21)16-20(17)23-11-7-8-14-28(23)3/h4-16H,1,3H3/q+1. The van der Waals surface area contributed by atoms with Crippen molar-refractivity contribution in [3.63, 3.8) is 0 Å². The lowest BCUT2D eigenvalue weighted by atomic mass is 9.98. The minimum atomic E-state index is 0.606. The molecular formula is C26H19N2O+. The molecule has 0 radical (unpaired) electrons. The van der Waals surface area contributed by atoms with Crippen LogP contribution in [0.25, 0.3) is 49.2 Å². The Kier molecular flexibility index (Phi) is 3.93. The van der Waals surface area contributed by atoms with Crippen molar-refractivity contribution in [1.82, 2.24) is 0 Å². The van der Waals surface area contributed by atoms with Crippen molar-refractivity contribution in [1.29, 1.82) is 0 Å². The molecule has 0 N–H and O–H groups in total. The molecule has 2 aromatic heterocycles. The highest BCUT2D eigenvalue weighted by atomic mass is 16.3. The molecular weight excluding hydrogens is 356 g/mol. The molecule has 3 aromatic carbocycles. The number of hydrogen-bond acceptors (Lipinski definition) is 1. The highest BCUT2D eigenvalue weighted by molar-refractivity contribution is 6.13. The Morgan fingerprint density at radius 1 is 0.897 bits per heavy atom. The van der Waals surface area contributed by atoms with Gasteiger partial charge in [-0.3, -0.25) is 0 Å². The van der Waals surface area contributed by atoms with Crippen LogP contribution in [0.15, 0.2) is 83.4 Å². The fourth-order valence-corrected chi connectivity index (χ4v) is 4.04. The Hall–Kier alpha value is -3.90. The zero-order valence-corrected chi connectivity index (χ0v) is 16.3. The first kappa shape index (κ1) is 17.2. The van der Waals surface area contributed by atoms with Gasteiger partial charge in [0, 0.05) is 28.5 Å². The number of furan rings is 1. The first-order valence-corrected chi connectivity index (χ1v) is 9.55. The van der Waals surface area contributed by atoms with Gasteiger partial charge in [0.25, 0.3) is 0 Å². The molecule has 0 bridgehead atoms. The SMILES string of the molecule is [C-]#[N+]c1ccc2c(oc3cc(-c4cccc[n+]4C)c(C)cc32)c1-c1ccccc1. The molecule has 0 unspecified atom stereocenters. The summed E-state index contributed by atoms with van der Waals surface area (Å²) in [5.74, 6) is 0. The third-order valence-corrected chi connectivity index (χ3v) is 5.48. The van der Waals surface area contributed by atoms with Crippen LogP contribution in [-0.4, -0.2) is 0 Å². The molecule has 0 aliphatic carbocycles. The van der Waals surface area contributed by atoms with Gasteiger partial charge >= 0.3 is 0 Å². The summed E-state index contributed by atoms with van der Waals surface area (Å²) in [6, 6.07) is 24.4. The summed E-state index contributed by atoms with van der Waals surface area (Å²) in [4.78, 5) is 3.75. The number of aromatic nitrogens is 1. The topological polar surface area (TPSA) is 21.4 Å². The monoisotopic (exact) mass is 375 g/mol. The van der Waals surface area contributed by atoms with Crippen LogP contribution in [0.4, 0.5) is 5.69 Å². The van der Waals surface area contributed by atoms with E-state index in [-0.39, 0.29) is 0 Å².